The Kier molecular flexibility index (Phi) is 6.43. The van der Waals surface area contributed by atoms with Crippen LogP contribution < -0.4 is 14.6 Å². The van der Waals surface area contributed by atoms with Crippen molar-refractivity contribution in [2.75, 3.05) is 13.7 Å². The third-order valence-corrected chi connectivity index (χ3v) is 4.24. The van der Waals surface area contributed by atoms with Crippen LogP contribution in [0.25, 0.3) is 17.2 Å². The van der Waals surface area contributed by atoms with E-state index in [1.807, 2.05) is 54.6 Å². The van der Waals surface area contributed by atoms with Crippen molar-refractivity contribution < 1.29 is 24.2 Å². The second kappa shape index (κ2) is 9.37. The summed E-state index contributed by atoms with van der Waals surface area (Å²) in [6.45, 7) is -0.595. The van der Waals surface area contributed by atoms with E-state index in [9.17, 15) is 14.7 Å². The first kappa shape index (κ1) is 19.9. The smallest absolute Gasteiger partial charge is 0.185 e. The molecule has 0 spiro atoms. The van der Waals surface area contributed by atoms with Gasteiger partial charge < -0.3 is 19.4 Å². The molecule has 0 aliphatic rings. The van der Waals surface area contributed by atoms with Crippen LogP contribution in [0.5, 0.6) is 11.5 Å². The Hall–Kier alpha value is -3.86. The quantitative estimate of drug-likeness (QED) is 0.437. The van der Waals surface area contributed by atoms with Gasteiger partial charge in [-0.2, -0.15) is 0 Å². The number of aliphatic carboxylic acids is 1. The molecule has 5 heteroatoms. The second-order valence-electron chi connectivity index (χ2n) is 6.21. The topological polar surface area (TPSA) is 75.7 Å². The maximum Gasteiger partial charge on any atom is 0.185 e. The highest BCUT2D eigenvalue weighted by atomic mass is 16.5. The fraction of sp³-hybridized carbons (Fsp3) is 0.0833. The van der Waals surface area contributed by atoms with Crippen molar-refractivity contribution in [2.45, 2.75) is 0 Å². The van der Waals surface area contributed by atoms with Gasteiger partial charge in [0.05, 0.1) is 13.1 Å². The van der Waals surface area contributed by atoms with Gasteiger partial charge in [0.1, 0.15) is 6.61 Å². The van der Waals surface area contributed by atoms with E-state index < -0.39 is 12.6 Å². The maximum atomic E-state index is 12.5. The molecule has 0 bridgehead atoms. The average Bonchev–Trinajstić information content (AvgIpc) is 2.76. The van der Waals surface area contributed by atoms with Crippen LogP contribution in [-0.4, -0.2) is 25.5 Å². The van der Waals surface area contributed by atoms with Crippen LogP contribution in [0.3, 0.4) is 0 Å². The summed E-state index contributed by atoms with van der Waals surface area (Å²) in [5.41, 5.74) is 3.54. The Balaban J connectivity index is 1.70. The van der Waals surface area contributed by atoms with E-state index in [1.54, 1.807) is 12.1 Å². The second-order valence-corrected chi connectivity index (χ2v) is 6.21. The monoisotopic (exact) mass is 387 g/mol. The molecular weight excluding hydrogens is 368 g/mol. The molecule has 0 N–H and O–H groups in total. The van der Waals surface area contributed by atoms with Crippen LogP contribution >= 0.6 is 0 Å². The Morgan fingerprint density at radius 1 is 0.897 bits per heavy atom. The van der Waals surface area contributed by atoms with E-state index in [0.29, 0.717) is 5.56 Å². The van der Waals surface area contributed by atoms with E-state index in [-0.39, 0.29) is 17.3 Å². The number of ether oxygens (including phenoxy) is 2. The summed E-state index contributed by atoms with van der Waals surface area (Å²) in [7, 11) is 1.42. The summed E-state index contributed by atoms with van der Waals surface area (Å²) >= 11 is 0. The van der Waals surface area contributed by atoms with Crippen molar-refractivity contribution in [3.63, 3.8) is 0 Å². The van der Waals surface area contributed by atoms with E-state index in [0.717, 1.165) is 16.7 Å². The van der Waals surface area contributed by atoms with Gasteiger partial charge in [-0.15, -0.1) is 0 Å². The predicted octanol–water partition coefficient (Wildman–Crippen LogP) is 3.39. The van der Waals surface area contributed by atoms with Crippen LogP contribution in [0.2, 0.25) is 0 Å². The lowest BCUT2D eigenvalue weighted by Crippen LogP contribution is -2.29. The SMILES string of the molecule is COc1cc(C(=O)/C=C/c2ccc(-c3ccccc3)cc2)ccc1OCC(=O)[O-]. The number of benzene rings is 3. The number of methoxy groups -OCH3 is 1. The fourth-order valence-corrected chi connectivity index (χ4v) is 2.76. The Morgan fingerprint density at radius 2 is 1.59 bits per heavy atom. The normalized spacial score (nSPS) is 10.7. The summed E-state index contributed by atoms with van der Waals surface area (Å²) in [6.07, 6.45) is 3.22. The number of allylic oxidation sites excluding steroid dienone is 1. The highest BCUT2D eigenvalue weighted by Gasteiger charge is 2.09. The Morgan fingerprint density at radius 3 is 2.24 bits per heavy atom. The average molecular weight is 387 g/mol. The van der Waals surface area contributed by atoms with Crippen LogP contribution in [-0.2, 0) is 4.79 Å². The molecule has 0 amide bonds. The standard InChI is InChI=1S/C24H20O5/c1-28-23-15-20(12-14-22(23)29-16-24(26)27)21(25)13-9-17-7-10-19(11-8-17)18-5-3-2-4-6-18/h2-15H,16H2,1H3,(H,26,27)/p-1/b13-9+. The molecule has 146 valence electrons. The highest BCUT2D eigenvalue weighted by molar-refractivity contribution is 6.07. The number of carboxylic acids is 1. The summed E-state index contributed by atoms with van der Waals surface area (Å²) in [5, 5.41) is 10.5. The van der Waals surface area contributed by atoms with Crippen molar-refractivity contribution in [3.8, 4) is 22.6 Å². The molecule has 3 rings (SSSR count). The van der Waals surface area contributed by atoms with E-state index >= 15 is 0 Å². The summed E-state index contributed by atoms with van der Waals surface area (Å²) in [6, 6.07) is 22.5. The Labute approximate surface area is 168 Å². The minimum absolute atomic E-state index is 0.207. The number of rotatable bonds is 8. The lowest BCUT2D eigenvalue weighted by atomic mass is 10.0. The summed E-state index contributed by atoms with van der Waals surface area (Å²) in [5.74, 6) is -1.04. The zero-order valence-electron chi connectivity index (χ0n) is 15.8. The number of carbonyl (C=O) groups is 2. The number of carboxylic acid groups (broad SMARTS) is 1. The fourth-order valence-electron chi connectivity index (χ4n) is 2.76. The molecule has 29 heavy (non-hydrogen) atoms. The maximum absolute atomic E-state index is 12.5. The zero-order valence-corrected chi connectivity index (χ0v) is 15.8. The summed E-state index contributed by atoms with van der Waals surface area (Å²) < 4.78 is 10.3. The van der Waals surface area contributed by atoms with Gasteiger partial charge in [0.25, 0.3) is 0 Å². The van der Waals surface area contributed by atoms with Gasteiger partial charge in [-0.05, 0) is 41.0 Å². The van der Waals surface area contributed by atoms with Crippen LogP contribution in [0, 0.1) is 0 Å². The zero-order chi connectivity index (χ0) is 20.6. The summed E-state index contributed by atoms with van der Waals surface area (Å²) in [4.78, 5) is 23.0. The largest absolute Gasteiger partial charge is 0.546 e. The third kappa shape index (κ3) is 5.32. The van der Waals surface area contributed by atoms with Crippen LogP contribution in [0.15, 0.2) is 78.9 Å². The van der Waals surface area contributed by atoms with Gasteiger partial charge in [-0.1, -0.05) is 60.7 Å². The highest BCUT2D eigenvalue weighted by Crippen LogP contribution is 2.28. The van der Waals surface area contributed by atoms with Crippen LogP contribution in [0.1, 0.15) is 15.9 Å². The lowest BCUT2D eigenvalue weighted by Gasteiger charge is -2.11. The van der Waals surface area contributed by atoms with Crippen molar-refractivity contribution in [2.24, 2.45) is 0 Å². The molecule has 3 aromatic carbocycles. The first-order valence-corrected chi connectivity index (χ1v) is 8.95. The Bertz CT molecular complexity index is 1020. The molecule has 0 unspecified atom stereocenters. The van der Waals surface area contributed by atoms with Gasteiger partial charge in [0, 0.05) is 5.56 Å². The van der Waals surface area contributed by atoms with Gasteiger partial charge in [0.15, 0.2) is 17.3 Å². The molecule has 5 nitrogen and oxygen atoms in total. The van der Waals surface area contributed by atoms with Crippen molar-refractivity contribution in [1.29, 1.82) is 0 Å². The van der Waals surface area contributed by atoms with Gasteiger partial charge in [-0.3, -0.25) is 4.79 Å². The number of hydrogen-bond acceptors (Lipinski definition) is 5. The van der Waals surface area contributed by atoms with Crippen molar-refractivity contribution in [1.82, 2.24) is 0 Å². The van der Waals surface area contributed by atoms with Gasteiger partial charge in [-0.25, -0.2) is 0 Å². The van der Waals surface area contributed by atoms with Gasteiger partial charge in [0.2, 0.25) is 0 Å². The molecule has 0 saturated carbocycles. The molecule has 0 atom stereocenters. The molecule has 0 saturated heterocycles. The molecule has 0 aliphatic carbocycles. The molecule has 3 aromatic rings. The minimum atomic E-state index is -1.34. The molecular formula is C24H19O5-. The number of ketones is 1. The molecule has 0 fully saturated rings. The first-order valence-electron chi connectivity index (χ1n) is 8.95. The van der Waals surface area contributed by atoms with Crippen LogP contribution in [0.4, 0.5) is 0 Å². The van der Waals surface area contributed by atoms with Crippen molar-refractivity contribution >= 4 is 17.8 Å². The van der Waals surface area contributed by atoms with E-state index in [4.69, 9.17) is 9.47 Å². The third-order valence-electron chi connectivity index (χ3n) is 4.24. The molecule has 0 heterocycles. The molecule has 0 radical (unpaired) electrons. The number of carbonyl (C=O) groups excluding carboxylic acids is 2. The van der Waals surface area contributed by atoms with E-state index in [1.165, 1.54) is 25.3 Å². The lowest BCUT2D eigenvalue weighted by molar-refractivity contribution is -0.307. The minimum Gasteiger partial charge on any atom is -0.546 e. The van der Waals surface area contributed by atoms with E-state index in [2.05, 4.69) is 0 Å². The first-order chi connectivity index (χ1) is 14.1. The molecule has 0 aliphatic heterocycles. The predicted molar refractivity (Wildman–Crippen MR) is 109 cm³/mol. The number of hydrogen-bond donors (Lipinski definition) is 0. The van der Waals surface area contributed by atoms with Crippen molar-refractivity contribution in [3.05, 3.63) is 90.0 Å². The molecule has 0 aromatic heterocycles. The van der Waals surface area contributed by atoms with Gasteiger partial charge >= 0.3 is 0 Å².